The van der Waals surface area contributed by atoms with Crippen LogP contribution < -0.4 is 11.3 Å². The van der Waals surface area contributed by atoms with Crippen LogP contribution in [0.4, 0.5) is 0 Å². The molecule has 1 aromatic heterocycles. The maximum Gasteiger partial charge on any atom is 0.129 e. The molecule has 3 N–H and O–H groups in total. The predicted molar refractivity (Wildman–Crippen MR) is 65.9 cm³/mol. The first-order valence-electron chi connectivity index (χ1n) is 5.58. The fourth-order valence-electron chi connectivity index (χ4n) is 2.10. The van der Waals surface area contributed by atoms with Crippen LogP contribution in [-0.4, -0.2) is 4.98 Å². The molecule has 0 fully saturated rings. The Morgan fingerprint density at radius 3 is 2.81 bits per heavy atom. The van der Waals surface area contributed by atoms with Crippen molar-refractivity contribution in [2.24, 2.45) is 5.84 Å². The first-order chi connectivity index (χ1) is 7.81. The minimum absolute atomic E-state index is 0.0741. The lowest BCUT2D eigenvalue weighted by Gasteiger charge is -2.22. The molecule has 0 aliphatic heterocycles. The molecule has 1 unspecified atom stereocenters. The van der Waals surface area contributed by atoms with E-state index in [9.17, 15) is 0 Å². The maximum atomic E-state index is 5.77. The molecule has 0 amide bonds. The summed E-state index contributed by atoms with van der Waals surface area (Å²) in [6.07, 6.45) is 8.83. The number of nitrogens with zero attached hydrogens (tertiary/aromatic N) is 1. The van der Waals surface area contributed by atoms with Crippen molar-refractivity contribution in [3.05, 3.63) is 40.7 Å². The zero-order chi connectivity index (χ0) is 11.4. The fourth-order valence-corrected chi connectivity index (χ4v) is 2.21. The lowest BCUT2D eigenvalue weighted by atomic mass is 9.91. The van der Waals surface area contributed by atoms with Crippen LogP contribution in [0.25, 0.3) is 0 Å². The van der Waals surface area contributed by atoms with Gasteiger partial charge in [0.25, 0.3) is 0 Å². The molecule has 0 radical (unpaired) electrons. The molecular formula is C12H16ClN3. The van der Waals surface area contributed by atoms with Crippen LogP contribution >= 0.6 is 11.6 Å². The van der Waals surface area contributed by atoms with E-state index >= 15 is 0 Å². The highest BCUT2D eigenvalue weighted by Crippen LogP contribution is 2.29. The minimum atomic E-state index is 0.0741. The quantitative estimate of drug-likeness (QED) is 0.368. The Kier molecular flexibility index (Phi) is 3.93. The monoisotopic (exact) mass is 237 g/mol. The molecule has 3 nitrogen and oxygen atoms in total. The average Bonchev–Trinajstić information content (AvgIpc) is 2.34. The third kappa shape index (κ3) is 2.61. The molecule has 1 heterocycles. The second kappa shape index (κ2) is 5.43. The van der Waals surface area contributed by atoms with Crippen LogP contribution in [0.1, 0.15) is 37.3 Å². The summed E-state index contributed by atoms with van der Waals surface area (Å²) in [6.45, 7) is 0. The Balaban J connectivity index is 2.21. The van der Waals surface area contributed by atoms with E-state index in [1.807, 2.05) is 6.07 Å². The number of halogens is 1. The Hall–Kier alpha value is -0.900. The number of pyridine rings is 1. The summed E-state index contributed by atoms with van der Waals surface area (Å²) in [6, 6.07) is 3.84. The molecule has 4 heteroatoms. The lowest BCUT2D eigenvalue weighted by Crippen LogP contribution is -2.30. The van der Waals surface area contributed by atoms with Gasteiger partial charge in [-0.05, 0) is 37.3 Å². The summed E-state index contributed by atoms with van der Waals surface area (Å²) >= 11 is 5.77. The van der Waals surface area contributed by atoms with E-state index in [-0.39, 0.29) is 6.04 Å². The van der Waals surface area contributed by atoms with E-state index in [1.54, 1.807) is 12.3 Å². The summed E-state index contributed by atoms with van der Waals surface area (Å²) in [4.78, 5) is 4.09. The number of hydrazine groups is 1. The van der Waals surface area contributed by atoms with Crippen LogP contribution in [0.3, 0.4) is 0 Å². The van der Waals surface area contributed by atoms with Gasteiger partial charge in [0.2, 0.25) is 0 Å². The number of hydrogen-bond acceptors (Lipinski definition) is 3. The molecule has 0 spiro atoms. The second-order valence-corrected chi connectivity index (χ2v) is 4.43. The van der Waals surface area contributed by atoms with Crippen molar-refractivity contribution in [1.29, 1.82) is 0 Å². The van der Waals surface area contributed by atoms with E-state index in [1.165, 1.54) is 18.4 Å². The summed E-state index contributed by atoms with van der Waals surface area (Å²) < 4.78 is 0. The predicted octanol–water partition coefficient (Wildman–Crippen LogP) is 2.74. The molecule has 1 aromatic rings. The molecule has 1 aliphatic carbocycles. The normalized spacial score (nSPS) is 18.0. The highest BCUT2D eigenvalue weighted by atomic mass is 35.5. The van der Waals surface area contributed by atoms with Gasteiger partial charge in [-0.15, -0.1) is 0 Å². The van der Waals surface area contributed by atoms with Crippen LogP contribution in [0.5, 0.6) is 0 Å². The van der Waals surface area contributed by atoms with Gasteiger partial charge >= 0.3 is 0 Å². The van der Waals surface area contributed by atoms with Gasteiger partial charge in [0.15, 0.2) is 0 Å². The molecule has 0 bridgehead atoms. The third-order valence-corrected chi connectivity index (χ3v) is 3.17. The Labute approximate surface area is 101 Å². The van der Waals surface area contributed by atoms with Gasteiger partial charge in [-0.1, -0.05) is 29.3 Å². The Morgan fingerprint density at radius 2 is 2.25 bits per heavy atom. The van der Waals surface area contributed by atoms with Crippen molar-refractivity contribution < 1.29 is 0 Å². The number of hydrogen-bond donors (Lipinski definition) is 2. The fraction of sp³-hybridized carbons (Fsp3) is 0.417. The first-order valence-corrected chi connectivity index (χ1v) is 5.95. The zero-order valence-electron chi connectivity index (χ0n) is 9.12. The van der Waals surface area contributed by atoms with Gasteiger partial charge < -0.3 is 0 Å². The molecular weight excluding hydrogens is 222 g/mol. The number of aromatic nitrogens is 1. The Morgan fingerprint density at radius 1 is 1.38 bits per heavy atom. The largest absolute Gasteiger partial charge is 0.271 e. The molecule has 1 aliphatic rings. The van der Waals surface area contributed by atoms with E-state index in [4.69, 9.17) is 17.4 Å². The third-order valence-electron chi connectivity index (χ3n) is 2.95. The topological polar surface area (TPSA) is 50.9 Å². The first kappa shape index (κ1) is 11.6. The van der Waals surface area contributed by atoms with E-state index < -0.39 is 0 Å². The van der Waals surface area contributed by atoms with Crippen LogP contribution in [-0.2, 0) is 0 Å². The lowest BCUT2D eigenvalue weighted by molar-refractivity contribution is 0.564. The number of rotatable bonds is 3. The summed E-state index contributed by atoms with van der Waals surface area (Å²) in [7, 11) is 0. The van der Waals surface area contributed by atoms with Crippen molar-refractivity contribution in [3.63, 3.8) is 0 Å². The smallest absolute Gasteiger partial charge is 0.129 e. The van der Waals surface area contributed by atoms with Gasteiger partial charge in [0.1, 0.15) is 5.15 Å². The van der Waals surface area contributed by atoms with Crippen LogP contribution in [0.2, 0.25) is 5.15 Å². The van der Waals surface area contributed by atoms with Crippen molar-refractivity contribution in [1.82, 2.24) is 10.4 Å². The molecule has 1 atom stereocenters. The average molecular weight is 238 g/mol. The standard InChI is InChI=1S/C12H16ClN3/c13-11-7-6-10(8-15-11)12(16-14)9-4-2-1-3-5-9/h4,6-8,12,16H,1-3,5,14H2. The maximum absolute atomic E-state index is 5.77. The van der Waals surface area contributed by atoms with Gasteiger partial charge in [-0.25, -0.2) is 10.4 Å². The minimum Gasteiger partial charge on any atom is -0.271 e. The van der Waals surface area contributed by atoms with E-state index in [2.05, 4.69) is 16.5 Å². The molecule has 2 rings (SSSR count). The molecule has 0 saturated carbocycles. The highest BCUT2D eigenvalue weighted by Gasteiger charge is 2.16. The van der Waals surface area contributed by atoms with Crippen LogP contribution in [0, 0.1) is 0 Å². The van der Waals surface area contributed by atoms with Crippen molar-refractivity contribution in [2.75, 3.05) is 0 Å². The number of nitrogens with one attached hydrogen (secondary N) is 1. The molecule has 0 aromatic carbocycles. The van der Waals surface area contributed by atoms with Gasteiger partial charge in [-0.3, -0.25) is 5.84 Å². The van der Waals surface area contributed by atoms with Gasteiger partial charge in [0.05, 0.1) is 6.04 Å². The highest BCUT2D eigenvalue weighted by molar-refractivity contribution is 6.29. The van der Waals surface area contributed by atoms with E-state index in [0.717, 1.165) is 18.4 Å². The Bertz CT molecular complexity index is 372. The summed E-state index contributed by atoms with van der Waals surface area (Å²) in [5, 5.41) is 0.511. The van der Waals surface area contributed by atoms with Gasteiger partial charge in [0, 0.05) is 6.20 Å². The second-order valence-electron chi connectivity index (χ2n) is 4.04. The van der Waals surface area contributed by atoms with E-state index in [0.29, 0.717) is 5.15 Å². The molecule has 16 heavy (non-hydrogen) atoms. The van der Waals surface area contributed by atoms with Crippen molar-refractivity contribution in [3.8, 4) is 0 Å². The van der Waals surface area contributed by atoms with Crippen molar-refractivity contribution >= 4 is 11.6 Å². The zero-order valence-corrected chi connectivity index (χ0v) is 9.87. The molecule has 86 valence electrons. The summed E-state index contributed by atoms with van der Waals surface area (Å²) in [5.41, 5.74) is 5.28. The summed E-state index contributed by atoms with van der Waals surface area (Å²) in [5.74, 6) is 5.62. The SMILES string of the molecule is NNC(C1=CCCCC1)c1ccc(Cl)nc1. The van der Waals surface area contributed by atoms with Crippen molar-refractivity contribution in [2.45, 2.75) is 31.7 Å². The van der Waals surface area contributed by atoms with Crippen LogP contribution in [0.15, 0.2) is 30.0 Å². The number of nitrogens with two attached hydrogens (primary N) is 1. The van der Waals surface area contributed by atoms with Gasteiger partial charge in [-0.2, -0.15) is 0 Å². The molecule has 0 saturated heterocycles. The number of allylic oxidation sites excluding steroid dienone is 1.